The van der Waals surface area contributed by atoms with E-state index in [1.807, 2.05) is 0 Å². The summed E-state index contributed by atoms with van der Waals surface area (Å²) in [6.45, 7) is 0. The van der Waals surface area contributed by atoms with Crippen LogP contribution in [0.1, 0.15) is 26.3 Å². The predicted octanol–water partition coefficient (Wildman–Crippen LogP) is 2.09. The highest BCUT2D eigenvalue weighted by Crippen LogP contribution is 2.18. The lowest BCUT2D eigenvalue weighted by Gasteiger charge is -2.03. The van der Waals surface area contributed by atoms with Crippen molar-refractivity contribution in [3.8, 4) is 5.75 Å². The summed E-state index contributed by atoms with van der Waals surface area (Å²) < 4.78 is 18.3. The van der Waals surface area contributed by atoms with Crippen LogP contribution in [0.3, 0.4) is 0 Å². The lowest BCUT2D eigenvalue weighted by molar-refractivity contribution is -0.255. The Morgan fingerprint density at radius 2 is 1.73 bits per heavy atom. The van der Waals surface area contributed by atoms with Gasteiger partial charge in [0, 0.05) is 5.56 Å². The molecule has 0 saturated carbocycles. The van der Waals surface area contributed by atoms with E-state index < -0.39 is 11.8 Å². The van der Waals surface area contributed by atoms with E-state index in [0.717, 1.165) is 6.07 Å². The summed E-state index contributed by atoms with van der Waals surface area (Å²) in [5.74, 6) is -2.18. The van der Waals surface area contributed by atoms with Crippen molar-refractivity contribution in [2.75, 3.05) is 7.11 Å². The van der Waals surface area contributed by atoms with Crippen molar-refractivity contribution in [2.45, 2.75) is 0 Å². The van der Waals surface area contributed by atoms with Gasteiger partial charge in [0.2, 0.25) is 0 Å². The number of aromatic carboxylic acids is 1. The zero-order valence-electron chi connectivity index (χ0n) is 11.7. The molecular formula is C17H12FO4-. The first-order valence-corrected chi connectivity index (χ1v) is 6.38. The van der Waals surface area contributed by atoms with Gasteiger partial charge in [-0.1, -0.05) is 30.3 Å². The molecular weight excluding hydrogens is 287 g/mol. The number of benzene rings is 2. The maximum atomic E-state index is 13.5. The number of hydrogen-bond donors (Lipinski definition) is 0. The number of methoxy groups -OCH3 is 1. The number of ketones is 1. The van der Waals surface area contributed by atoms with Gasteiger partial charge >= 0.3 is 0 Å². The molecule has 0 aliphatic carbocycles. The molecule has 0 unspecified atom stereocenters. The molecule has 2 aromatic carbocycles. The van der Waals surface area contributed by atoms with Crippen LogP contribution in [0.5, 0.6) is 5.75 Å². The highest BCUT2D eigenvalue weighted by atomic mass is 19.1. The Labute approximate surface area is 126 Å². The second-order valence-corrected chi connectivity index (χ2v) is 4.46. The molecule has 0 heterocycles. The van der Waals surface area contributed by atoms with Gasteiger partial charge in [0.15, 0.2) is 17.3 Å². The van der Waals surface area contributed by atoms with Crippen LogP contribution in [-0.4, -0.2) is 18.9 Å². The molecule has 22 heavy (non-hydrogen) atoms. The Morgan fingerprint density at radius 3 is 2.27 bits per heavy atom. The number of carbonyl (C=O) groups is 2. The van der Waals surface area contributed by atoms with Crippen LogP contribution in [0.25, 0.3) is 6.08 Å². The smallest absolute Gasteiger partial charge is 0.185 e. The molecule has 5 heteroatoms. The monoisotopic (exact) mass is 299 g/mol. The van der Waals surface area contributed by atoms with Crippen molar-refractivity contribution < 1.29 is 23.8 Å². The van der Waals surface area contributed by atoms with Crippen molar-refractivity contribution in [1.29, 1.82) is 0 Å². The standard InChI is InChI=1S/C17H13FO4/c1-22-16-9-7-13(10-14(16)18)15(19)8-4-11-2-5-12(6-3-11)17(20)21/h2-10H,1H3,(H,20,21)/p-1/b8-4+. The van der Waals surface area contributed by atoms with Gasteiger partial charge in [-0.2, -0.15) is 0 Å². The highest BCUT2D eigenvalue weighted by molar-refractivity contribution is 6.06. The Morgan fingerprint density at radius 1 is 1.09 bits per heavy atom. The number of allylic oxidation sites excluding steroid dienone is 1. The number of carboxylic acids is 1. The summed E-state index contributed by atoms with van der Waals surface area (Å²) in [4.78, 5) is 22.6. The molecule has 4 nitrogen and oxygen atoms in total. The minimum atomic E-state index is -1.26. The minimum Gasteiger partial charge on any atom is -0.545 e. The third kappa shape index (κ3) is 3.58. The van der Waals surface area contributed by atoms with E-state index in [1.165, 1.54) is 43.5 Å². The molecule has 0 bridgehead atoms. The predicted molar refractivity (Wildman–Crippen MR) is 77.1 cm³/mol. The molecule has 0 saturated heterocycles. The van der Waals surface area contributed by atoms with Gasteiger partial charge in [0.05, 0.1) is 13.1 Å². The van der Waals surface area contributed by atoms with Crippen LogP contribution in [0.4, 0.5) is 4.39 Å². The van der Waals surface area contributed by atoms with E-state index >= 15 is 0 Å². The van der Waals surface area contributed by atoms with E-state index in [4.69, 9.17) is 4.74 Å². The maximum Gasteiger partial charge on any atom is 0.185 e. The van der Waals surface area contributed by atoms with Gasteiger partial charge in [-0.3, -0.25) is 4.79 Å². The molecule has 0 N–H and O–H groups in total. The Bertz CT molecular complexity index is 733. The fourth-order valence-corrected chi connectivity index (χ4v) is 1.82. The highest BCUT2D eigenvalue weighted by Gasteiger charge is 2.07. The third-order valence-electron chi connectivity index (χ3n) is 3.01. The van der Waals surface area contributed by atoms with Gasteiger partial charge in [0.1, 0.15) is 0 Å². The number of ether oxygens (including phenoxy) is 1. The van der Waals surface area contributed by atoms with Gasteiger partial charge in [-0.15, -0.1) is 0 Å². The molecule has 0 radical (unpaired) electrons. The van der Waals surface area contributed by atoms with E-state index in [-0.39, 0.29) is 22.7 Å². The summed E-state index contributed by atoms with van der Waals surface area (Å²) in [7, 11) is 1.34. The van der Waals surface area contributed by atoms with Crippen molar-refractivity contribution >= 4 is 17.8 Å². The van der Waals surface area contributed by atoms with E-state index in [2.05, 4.69) is 0 Å². The summed E-state index contributed by atoms with van der Waals surface area (Å²) in [5.41, 5.74) is 0.897. The Balaban J connectivity index is 2.14. The largest absolute Gasteiger partial charge is 0.545 e. The number of carbonyl (C=O) groups excluding carboxylic acids is 2. The van der Waals surface area contributed by atoms with Crippen LogP contribution >= 0.6 is 0 Å². The van der Waals surface area contributed by atoms with E-state index in [9.17, 15) is 19.1 Å². The van der Waals surface area contributed by atoms with Crippen LogP contribution < -0.4 is 9.84 Å². The number of rotatable bonds is 5. The lowest BCUT2D eigenvalue weighted by Crippen LogP contribution is -2.21. The molecule has 0 aliphatic rings. The van der Waals surface area contributed by atoms with Gasteiger partial charge < -0.3 is 14.6 Å². The number of halogens is 1. The quantitative estimate of drug-likeness (QED) is 0.626. The molecule has 2 rings (SSSR count). The minimum absolute atomic E-state index is 0.0562. The lowest BCUT2D eigenvalue weighted by atomic mass is 10.1. The normalized spacial score (nSPS) is 10.6. The van der Waals surface area contributed by atoms with Gasteiger partial charge in [-0.25, -0.2) is 4.39 Å². The molecule has 0 aromatic heterocycles. The van der Waals surface area contributed by atoms with Crippen LogP contribution in [0.15, 0.2) is 48.5 Å². The van der Waals surface area contributed by atoms with Crippen molar-refractivity contribution in [2.24, 2.45) is 0 Å². The van der Waals surface area contributed by atoms with Gasteiger partial charge in [-0.05, 0) is 35.4 Å². The molecule has 0 aliphatic heterocycles. The number of hydrogen-bond acceptors (Lipinski definition) is 4. The van der Waals surface area contributed by atoms with Crippen molar-refractivity contribution in [3.63, 3.8) is 0 Å². The second-order valence-electron chi connectivity index (χ2n) is 4.46. The van der Waals surface area contributed by atoms with Crippen LogP contribution in [-0.2, 0) is 0 Å². The first kappa shape index (κ1) is 15.4. The first-order chi connectivity index (χ1) is 10.5. The molecule has 0 fully saturated rings. The second kappa shape index (κ2) is 6.67. The summed E-state index contributed by atoms with van der Waals surface area (Å²) >= 11 is 0. The molecule has 112 valence electrons. The Kier molecular flexibility index (Phi) is 4.68. The average molecular weight is 299 g/mol. The number of carboxylic acid groups (broad SMARTS) is 1. The fourth-order valence-electron chi connectivity index (χ4n) is 1.82. The zero-order chi connectivity index (χ0) is 16.1. The third-order valence-corrected chi connectivity index (χ3v) is 3.01. The molecule has 0 atom stereocenters. The van der Waals surface area contributed by atoms with Crippen LogP contribution in [0, 0.1) is 5.82 Å². The zero-order valence-corrected chi connectivity index (χ0v) is 11.7. The van der Waals surface area contributed by atoms with Crippen molar-refractivity contribution in [3.05, 3.63) is 71.0 Å². The molecule has 0 spiro atoms. The van der Waals surface area contributed by atoms with E-state index in [1.54, 1.807) is 12.1 Å². The van der Waals surface area contributed by atoms with Gasteiger partial charge in [0.25, 0.3) is 0 Å². The summed E-state index contributed by atoms with van der Waals surface area (Å²) in [6, 6.07) is 9.80. The topological polar surface area (TPSA) is 66.4 Å². The fraction of sp³-hybridized carbons (Fsp3) is 0.0588. The molecule has 2 aromatic rings. The van der Waals surface area contributed by atoms with Crippen LogP contribution in [0.2, 0.25) is 0 Å². The summed E-state index contributed by atoms with van der Waals surface area (Å²) in [6.07, 6.45) is 2.80. The van der Waals surface area contributed by atoms with E-state index in [0.29, 0.717) is 5.56 Å². The SMILES string of the molecule is COc1ccc(C(=O)/C=C/c2ccc(C(=O)[O-])cc2)cc1F. The van der Waals surface area contributed by atoms with Crippen molar-refractivity contribution in [1.82, 2.24) is 0 Å². The molecule has 0 amide bonds. The maximum absolute atomic E-state index is 13.5. The first-order valence-electron chi connectivity index (χ1n) is 6.38. The Hall–Kier alpha value is -2.95. The summed E-state index contributed by atoms with van der Waals surface area (Å²) in [5, 5.41) is 10.6. The average Bonchev–Trinajstić information content (AvgIpc) is 2.52.